The van der Waals surface area contributed by atoms with Crippen LogP contribution in [0.3, 0.4) is 0 Å². The Morgan fingerprint density at radius 3 is 1.24 bits per heavy atom. The summed E-state index contributed by atoms with van der Waals surface area (Å²) in [5, 5.41) is 51.0. The van der Waals surface area contributed by atoms with Gasteiger partial charge in [0, 0.05) is 6.20 Å². The number of benzene rings is 2. The average Bonchev–Trinajstić information content (AvgIpc) is 2.89. The van der Waals surface area contributed by atoms with Gasteiger partial charge in [-0.15, -0.1) is 0 Å². The molecule has 0 saturated heterocycles. The van der Waals surface area contributed by atoms with Gasteiger partial charge in [-0.3, -0.25) is 0 Å². The second-order valence-corrected chi connectivity index (χ2v) is 7.13. The van der Waals surface area contributed by atoms with Crippen LogP contribution in [0.4, 0.5) is 0 Å². The van der Waals surface area contributed by atoms with E-state index in [1.54, 1.807) is 48.5 Å². The lowest BCUT2D eigenvalue weighted by molar-refractivity contribution is 1.24. The minimum Gasteiger partial charge on any atom is -0.244 e. The van der Waals surface area contributed by atoms with Crippen LogP contribution in [0.15, 0.2) is 42.6 Å². The van der Waals surface area contributed by atoms with Gasteiger partial charge >= 0.3 is 0 Å². The van der Waals surface area contributed by atoms with Crippen molar-refractivity contribution in [3.05, 3.63) is 96.2 Å². The van der Waals surface area contributed by atoms with E-state index in [0.29, 0.717) is 16.7 Å². The van der Waals surface area contributed by atoms with Crippen molar-refractivity contribution in [2.24, 2.45) is 0 Å². The van der Waals surface area contributed by atoms with Gasteiger partial charge in [0.25, 0.3) is 0 Å². The van der Waals surface area contributed by atoms with Gasteiger partial charge < -0.3 is 0 Å². The SMILES string of the molecule is N#Cc1c(Cl)c(Cl)c(Cl)c(Cl)c1C#N.N#Cc1ccccc1C#N.N#Cc1cccnc1C#N. The highest BCUT2D eigenvalue weighted by Crippen LogP contribution is 2.40. The molecule has 0 aliphatic carbocycles. The van der Waals surface area contributed by atoms with Gasteiger partial charge in [-0.05, 0) is 24.3 Å². The zero-order valence-electron chi connectivity index (χ0n) is 16.7. The van der Waals surface area contributed by atoms with Crippen LogP contribution in [0.1, 0.15) is 33.5 Å². The van der Waals surface area contributed by atoms with E-state index in [4.69, 9.17) is 78.0 Å². The molecule has 1 aromatic heterocycles. The van der Waals surface area contributed by atoms with Crippen molar-refractivity contribution >= 4 is 46.4 Å². The summed E-state index contributed by atoms with van der Waals surface area (Å²) in [6.07, 6.45) is 1.49. The van der Waals surface area contributed by atoms with Gasteiger partial charge in [0.1, 0.15) is 36.4 Å². The van der Waals surface area contributed by atoms with E-state index >= 15 is 0 Å². The van der Waals surface area contributed by atoms with Crippen LogP contribution in [0.5, 0.6) is 0 Å². The fourth-order valence-corrected chi connectivity index (χ4v) is 3.04. The largest absolute Gasteiger partial charge is 0.244 e. The van der Waals surface area contributed by atoms with E-state index < -0.39 is 0 Å². The normalized spacial score (nSPS) is 8.41. The van der Waals surface area contributed by atoms with E-state index in [1.807, 2.05) is 24.3 Å². The Balaban J connectivity index is 0.000000261. The first-order valence-electron chi connectivity index (χ1n) is 8.61. The molecule has 0 amide bonds. The van der Waals surface area contributed by atoms with Crippen LogP contribution >= 0.6 is 46.4 Å². The number of nitriles is 6. The second kappa shape index (κ2) is 14.0. The lowest BCUT2D eigenvalue weighted by atomic mass is 10.1. The molecule has 0 spiro atoms. The maximum absolute atomic E-state index is 8.72. The minimum atomic E-state index is -0.0615. The summed E-state index contributed by atoms with van der Waals surface area (Å²) < 4.78 is 0. The van der Waals surface area contributed by atoms with E-state index in [1.165, 1.54) is 6.20 Å². The first kappa shape index (κ1) is 27.7. The number of hydrogen-bond acceptors (Lipinski definition) is 7. The third-order valence-electron chi connectivity index (χ3n) is 3.69. The maximum atomic E-state index is 8.72. The lowest BCUT2D eigenvalue weighted by Gasteiger charge is -2.05. The Hall–Kier alpha value is -4.31. The molecular formula is C23H7Cl4N7. The molecule has 162 valence electrons. The van der Waals surface area contributed by atoms with Gasteiger partial charge in [0.2, 0.25) is 0 Å². The van der Waals surface area contributed by atoms with E-state index in [0.717, 1.165) is 0 Å². The number of pyridine rings is 1. The molecule has 0 aliphatic rings. The molecule has 0 N–H and O–H groups in total. The fraction of sp³-hybridized carbons (Fsp3) is 0. The first-order chi connectivity index (χ1) is 16.3. The molecule has 0 saturated carbocycles. The number of hydrogen-bond donors (Lipinski definition) is 0. The van der Waals surface area contributed by atoms with Crippen LogP contribution in [-0.2, 0) is 0 Å². The monoisotopic (exact) mass is 521 g/mol. The minimum absolute atomic E-state index is 0.0196. The number of aromatic nitrogens is 1. The molecule has 0 unspecified atom stereocenters. The first-order valence-corrected chi connectivity index (χ1v) is 10.1. The summed E-state index contributed by atoms with van der Waals surface area (Å²) in [6, 6.07) is 20.9. The van der Waals surface area contributed by atoms with E-state index in [-0.39, 0.29) is 36.9 Å². The quantitative estimate of drug-likeness (QED) is 0.247. The Labute approximate surface area is 215 Å². The van der Waals surface area contributed by atoms with Crippen molar-refractivity contribution in [2.75, 3.05) is 0 Å². The molecule has 0 aliphatic heterocycles. The van der Waals surface area contributed by atoms with Crippen LogP contribution in [0, 0.1) is 68.0 Å². The topological polar surface area (TPSA) is 156 Å². The van der Waals surface area contributed by atoms with Gasteiger partial charge in [-0.2, -0.15) is 31.6 Å². The summed E-state index contributed by atoms with van der Waals surface area (Å²) in [5.74, 6) is 0. The van der Waals surface area contributed by atoms with Crippen molar-refractivity contribution in [1.82, 2.24) is 4.98 Å². The predicted octanol–water partition coefficient (Wildman–Crippen LogP) is 6.30. The maximum Gasteiger partial charge on any atom is 0.158 e. The van der Waals surface area contributed by atoms with Crippen molar-refractivity contribution in [3.63, 3.8) is 0 Å². The number of halogens is 4. The van der Waals surface area contributed by atoms with Crippen LogP contribution < -0.4 is 0 Å². The summed E-state index contributed by atoms with van der Waals surface area (Å²) >= 11 is 22.8. The molecule has 0 fully saturated rings. The van der Waals surface area contributed by atoms with Gasteiger partial charge in [-0.25, -0.2) is 4.98 Å². The molecule has 34 heavy (non-hydrogen) atoms. The highest BCUT2D eigenvalue weighted by molar-refractivity contribution is 6.52. The smallest absolute Gasteiger partial charge is 0.158 e. The zero-order valence-corrected chi connectivity index (χ0v) is 19.7. The Bertz CT molecular complexity index is 1300. The molecule has 11 heteroatoms. The van der Waals surface area contributed by atoms with Crippen molar-refractivity contribution < 1.29 is 0 Å². The van der Waals surface area contributed by atoms with E-state index in [2.05, 4.69) is 4.98 Å². The lowest BCUT2D eigenvalue weighted by Crippen LogP contribution is -1.90. The second-order valence-electron chi connectivity index (χ2n) is 5.62. The molecule has 0 radical (unpaired) electrons. The van der Waals surface area contributed by atoms with E-state index in [9.17, 15) is 0 Å². The molecule has 0 bridgehead atoms. The average molecular weight is 523 g/mol. The Morgan fingerprint density at radius 2 is 0.912 bits per heavy atom. The summed E-state index contributed by atoms with van der Waals surface area (Å²) in [7, 11) is 0. The van der Waals surface area contributed by atoms with Crippen LogP contribution in [0.25, 0.3) is 0 Å². The summed E-state index contributed by atoms with van der Waals surface area (Å²) in [6.45, 7) is 0. The highest BCUT2D eigenvalue weighted by Gasteiger charge is 2.19. The van der Waals surface area contributed by atoms with Crippen molar-refractivity contribution in [1.29, 1.82) is 31.6 Å². The van der Waals surface area contributed by atoms with Crippen LogP contribution in [0.2, 0.25) is 20.1 Å². The molecule has 1 heterocycles. The molecule has 7 nitrogen and oxygen atoms in total. The molecular weight excluding hydrogens is 516 g/mol. The molecule has 3 rings (SSSR count). The van der Waals surface area contributed by atoms with Crippen LogP contribution in [-0.4, -0.2) is 4.98 Å². The van der Waals surface area contributed by atoms with Gasteiger partial charge in [-0.1, -0.05) is 58.5 Å². The predicted molar refractivity (Wildman–Crippen MR) is 125 cm³/mol. The number of nitrogens with zero attached hydrogens (tertiary/aromatic N) is 7. The summed E-state index contributed by atoms with van der Waals surface area (Å²) in [4.78, 5) is 3.68. The Morgan fingerprint density at radius 1 is 0.500 bits per heavy atom. The van der Waals surface area contributed by atoms with Gasteiger partial charge in [0.05, 0.1) is 47.9 Å². The third-order valence-corrected chi connectivity index (χ3v) is 5.49. The highest BCUT2D eigenvalue weighted by atomic mass is 35.5. The van der Waals surface area contributed by atoms with Crippen molar-refractivity contribution in [2.45, 2.75) is 0 Å². The third kappa shape index (κ3) is 6.84. The van der Waals surface area contributed by atoms with Crippen molar-refractivity contribution in [3.8, 4) is 36.4 Å². The standard InChI is InChI=1S/C8Cl4N2.C8H4N2.C7H3N3/c9-5-3(1-13)4(2-14)6(10)8(12)7(5)11;9-5-7-3-1-2-4-8(7)6-10;8-4-6-2-1-3-10-7(6)5-9/h;1-4H;1-3H. The summed E-state index contributed by atoms with van der Waals surface area (Å²) in [5.41, 5.74) is 1.26. The molecule has 2 aromatic carbocycles. The Kier molecular flexibility index (Phi) is 11.4. The zero-order chi connectivity index (χ0) is 25.7. The van der Waals surface area contributed by atoms with Gasteiger partial charge in [0.15, 0.2) is 5.69 Å². The number of rotatable bonds is 0. The molecule has 3 aromatic rings. The molecule has 0 atom stereocenters. The fourth-order valence-electron chi connectivity index (χ4n) is 2.10.